The van der Waals surface area contributed by atoms with E-state index in [1.807, 2.05) is 36.0 Å². The van der Waals surface area contributed by atoms with Gasteiger partial charge in [0.1, 0.15) is 0 Å². The average molecular weight is 315 g/mol. The number of rotatable bonds is 3. The third kappa shape index (κ3) is 2.82. The molecule has 0 saturated heterocycles. The van der Waals surface area contributed by atoms with Gasteiger partial charge in [-0.05, 0) is 47.1 Å². The third-order valence-electron chi connectivity index (χ3n) is 2.60. The van der Waals surface area contributed by atoms with Crippen LogP contribution in [0.3, 0.4) is 0 Å². The Kier molecular flexibility index (Phi) is 3.74. The molecule has 1 aromatic carbocycles. The third-order valence-corrected chi connectivity index (χ3v) is 3.53. The summed E-state index contributed by atoms with van der Waals surface area (Å²) in [6, 6.07) is 7.85. The number of anilines is 1. The smallest absolute Gasteiger partial charge is 0.0654 e. The minimum Gasteiger partial charge on any atom is -0.376 e. The molecule has 1 aromatic heterocycles. The van der Waals surface area contributed by atoms with E-state index in [4.69, 9.17) is 11.6 Å². The van der Waals surface area contributed by atoms with Crippen molar-refractivity contribution in [1.29, 1.82) is 0 Å². The first-order chi connectivity index (χ1) is 8.08. The van der Waals surface area contributed by atoms with Crippen molar-refractivity contribution < 1.29 is 0 Å². The molecule has 2 rings (SSSR count). The van der Waals surface area contributed by atoms with Gasteiger partial charge >= 0.3 is 0 Å². The monoisotopic (exact) mass is 313 g/mol. The van der Waals surface area contributed by atoms with Crippen LogP contribution in [0.1, 0.15) is 18.7 Å². The molecule has 0 aliphatic carbocycles. The lowest BCUT2D eigenvalue weighted by Gasteiger charge is -2.17. The van der Waals surface area contributed by atoms with E-state index in [0.29, 0.717) is 5.02 Å². The molecule has 1 heterocycles. The SMILES string of the molecule is CC(Nc1cc(Cl)ccc1Br)c1ccnn1C. The normalized spacial score (nSPS) is 12.5. The maximum atomic E-state index is 5.98. The predicted molar refractivity (Wildman–Crippen MR) is 74.4 cm³/mol. The largest absolute Gasteiger partial charge is 0.376 e. The lowest BCUT2D eigenvalue weighted by Crippen LogP contribution is -2.11. The molecule has 17 heavy (non-hydrogen) atoms. The Bertz CT molecular complexity index is 524. The van der Waals surface area contributed by atoms with Gasteiger partial charge < -0.3 is 5.32 Å². The molecule has 0 aliphatic heterocycles. The van der Waals surface area contributed by atoms with Crippen LogP contribution in [0.15, 0.2) is 34.9 Å². The van der Waals surface area contributed by atoms with Crippen LogP contribution in [-0.4, -0.2) is 9.78 Å². The number of hydrogen-bond donors (Lipinski definition) is 1. The maximum absolute atomic E-state index is 5.98. The summed E-state index contributed by atoms with van der Waals surface area (Å²) in [6.45, 7) is 2.09. The highest BCUT2D eigenvalue weighted by molar-refractivity contribution is 9.10. The molecular formula is C12H13BrClN3. The molecule has 0 amide bonds. The summed E-state index contributed by atoms with van der Waals surface area (Å²) in [4.78, 5) is 0. The number of benzene rings is 1. The first-order valence-electron chi connectivity index (χ1n) is 5.27. The van der Waals surface area contributed by atoms with Gasteiger partial charge in [0.25, 0.3) is 0 Å². The summed E-state index contributed by atoms with van der Waals surface area (Å²) in [5.74, 6) is 0. The van der Waals surface area contributed by atoms with Gasteiger partial charge in [0.05, 0.1) is 17.4 Å². The van der Waals surface area contributed by atoms with Crippen LogP contribution in [0.2, 0.25) is 5.02 Å². The standard InChI is InChI=1S/C12H13BrClN3/c1-8(12-5-6-15-17(12)2)16-11-7-9(14)3-4-10(11)13/h3-8,16H,1-2H3. The van der Waals surface area contributed by atoms with Gasteiger partial charge in [-0.15, -0.1) is 0 Å². The topological polar surface area (TPSA) is 29.9 Å². The van der Waals surface area contributed by atoms with Gasteiger partial charge in [-0.25, -0.2) is 0 Å². The Balaban J connectivity index is 2.21. The van der Waals surface area contributed by atoms with E-state index in [1.165, 1.54) is 0 Å². The minimum absolute atomic E-state index is 0.164. The summed E-state index contributed by atoms with van der Waals surface area (Å²) in [6.07, 6.45) is 1.79. The Morgan fingerprint density at radius 1 is 1.41 bits per heavy atom. The molecule has 90 valence electrons. The van der Waals surface area contributed by atoms with Gasteiger partial charge in [-0.1, -0.05) is 11.6 Å². The fraction of sp³-hybridized carbons (Fsp3) is 0.250. The van der Waals surface area contributed by atoms with Crippen molar-refractivity contribution in [2.75, 3.05) is 5.32 Å². The molecule has 0 spiro atoms. The van der Waals surface area contributed by atoms with Crippen molar-refractivity contribution in [1.82, 2.24) is 9.78 Å². The molecule has 2 aromatic rings. The fourth-order valence-electron chi connectivity index (χ4n) is 1.72. The van der Waals surface area contributed by atoms with Crippen molar-refractivity contribution in [3.05, 3.63) is 45.7 Å². The van der Waals surface area contributed by atoms with E-state index in [9.17, 15) is 0 Å². The Morgan fingerprint density at radius 2 is 2.18 bits per heavy atom. The number of nitrogens with one attached hydrogen (secondary N) is 1. The van der Waals surface area contributed by atoms with Crippen molar-refractivity contribution in [2.45, 2.75) is 13.0 Å². The molecule has 5 heteroatoms. The van der Waals surface area contributed by atoms with E-state index in [-0.39, 0.29) is 6.04 Å². The molecule has 0 bridgehead atoms. The van der Waals surface area contributed by atoms with Gasteiger partial charge in [0.2, 0.25) is 0 Å². The lowest BCUT2D eigenvalue weighted by atomic mass is 10.2. The average Bonchev–Trinajstić information content (AvgIpc) is 2.70. The summed E-state index contributed by atoms with van der Waals surface area (Å²) >= 11 is 9.48. The molecular weight excluding hydrogens is 302 g/mol. The summed E-state index contributed by atoms with van der Waals surface area (Å²) < 4.78 is 2.85. The second-order valence-corrected chi connectivity index (χ2v) is 5.16. The second-order valence-electron chi connectivity index (χ2n) is 3.87. The zero-order chi connectivity index (χ0) is 12.4. The van der Waals surface area contributed by atoms with Gasteiger partial charge in [0.15, 0.2) is 0 Å². The number of hydrogen-bond acceptors (Lipinski definition) is 2. The zero-order valence-corrected chi connectivity index (χ0v) is 12.0. The molecule has 0 aliphatic rings. The molecule has 3 nitrogen and oxygen atoms in total. The highest BCUT2D eigenvalue weighted by Gasteiger charge is 2.10. The lowest BCUT2D eigenvalue weighted by molar-refractivity contribution is 0.675. The number of nitrogens with zero attached hydrogens (tertiary/aromatic N) is 2. The number of aryl methyl sites for hydroxylation is 1. The predicted octanol–water partition coefficient (Wildman–Crippen LogP) is 4.01. The van der Waals surface area contributed by atoms with Crippen LogP contribution in [0, 0.1) is 0 Å². The first-order valence-corrected chi connectivity index (χ1v) is 6.44. The van der Waals surface area contributed by atoms with Crippen LogP contribution in [0.4, 0.5) is 5.69 Å². The zero-order valence-electron chi connectivity index (χ0n) is 9.61. The Labute approximate surface area is 114 Å². The molecule has 1 N–H and O–H groups in total. The molecule has 1 atom stereocenters. The van der Waals surface area contributed by atoms with Crippen LogP contribution in [-0.2, 0) is 7.05 Å². The van der Waals surface area contributed by atoms with Crippen LogP contribution in [0.25, 0.3) is 0 Å². The highest BCUT2D eigenvalue weighted by Crippen LogP contribution is 2.29. The van der Waals surface area contributed by atoms with E-state index >= 15 is 0 Å². The summed E-state index contributed by atoms with van der Waals surface area (Å²) in [5.41, 5.74) is 2.10. The van der Waals surface area contributed by atoms with E-state index in [0.717, 1.165) is 15.9 Å². The minimum atomic E-state index is 0.164. The van der Waals surface area contributed by atoms with Crippen LogP contribution < -0.4 is 5.32 Å². The summed E-state index contributed by atoms with van der Waals surface area (Å²) in [7, 11) is 1.93. The fourth-order valence-corrected chi connectivity index (χ4v) is 2.26. The maximum Gasteiger partial charge on any atom is 0.0654 e. The van der Waals surface area contributed by atoms with Crippen LogP contribution in [0.5, 0.6) is 0 Å². The van der Waals surface area contributed by atoms with Crippen molar-refractivity contribution >= 4 is 33.2 Å². The van der Waals surface area contributed by atoms with Gasteiger partial charge in [-0.3, -0.25) is 4.68 Å². The molecule has 1 unspecified atom stereocenters. The number of aromatic nitrogens is 2. The van der Waals surface area contributed by atoms with E-state index < -0.39 is 0 Å². The quantitative estimate of drug-likeness (QED) is 0.927. The second kappa shape index (κ2) is 5.10. The van der Waals surface area contributed by atoms with Gasteiger partial charge in [-0.2, -0.15) is 5.10 Å². The number of halogens is 2. The molecule has 0 radical (unpaired) electrons. The van der Waals surface area contributed by atoms with E-state index in [2.05, 4.69) is 33.3 Å². The van der Waals surface area contributed by atoms with Crippen LogP contribution >= 0.6 is 27.5 Å². The van der Waals surface area contributed by atoms with E-state index in [1.54, 1.807) is 6.20 Å². The summed E-state index contributed by atoms with van der Waals surface area (Å²) in [5, 5.41) is 8.28. The van der Waals surface area contributed by atoms with Crippen molar-refractivity contribution in [3.8, 4) is 0 Å². The highest BCUT2D eigenvalue weighted by atomic mass is 79.9. The molecule has 0 saturated carbocycles. The molecule has 0 fully saturated rings. The Hall–Kier alpha value is -1.00. The van der Waals surface area contributed by atoms with Crippen molar-refractivity contribution in [2.24, 2.45) is 7.05 Å². The Morgan fingerprint density at radius 3 is 2.82 bits per heavy atom. The first kappa shape index (κ1) is 12.5. The van der Waals surface area contributed by atoms with Crippen molar-refractivity contribution in [3.63, 3.8) is 0 Å². The van der Waals surface area contributed by atoms with Gasteiger partial charge in [0, 0.05) is 22.7 Å².